The molecule has 1 aromatic heterocycles. The summed E-state index contributed by atoms with van der Waals surface area (Å²) in [4.78, 5) is 3.87. The van der Waals surface area contributed by atoms with Crippen molar-refractivity contribution >= 4 is 5.69 Å². The van der Waals surface area contributed by atoms with Crippen LogP contribution >= 0.6 is 0 Å². The molecule has 0 radical (unpaired) electrons. The first kappa shape index (κ1) is 13.2. The molecule has 0 saturated heterocycles. The first-order valence-electron chi connectivity index (χ1n) is 5.45. The van der Waals surface area contributed by atoms with Gasteiger partial charge in [-0.15, -0.1) is 0 Å². The number of nitrogens with two attached hydrogens (primary N) is 1. The molecule has 0 bridgehead atoms. The van der Waals surface area contributed by atoms with Crippen LogP contribution in [0.2, 0.25) is 0 Å². The number of nitrogens with zero attached hydrogens (tertiary/aromatic N) is 1. The maximum atomic E-state index is 12.5. The standard InChI is InChI=1S/C13H11F3N2O/c14-13(15,16)10-2-1-3-11(6-10)19-8-9-7-18-5-4-12(9)17/h1-7H,8H2,(H2,17,18). The number of aromatic nitrogens is 1. The summed E-state index contributed by atoms with van der Waals surface area (Å²) >= 11 is 0. The smallest absolute Gasteiger partial charge is 0.416 e. The second kappa shape index (κ2) is 5.17. The highest BCUT2D eigenvalue weighted by Gasteiger charge is 2.30. The van der Waals surface area contributed by atoms with Gasteiger partial charge in [0.15, 0.2) is 0 Å². The van der Waals surface area contributed by atoms with Crippen molar-refractivity contribution in [1.82, 2.24) is 4.98 Å². The SMILES string of the molecule is Nc1ccncc1COc1cccc(C(F)(F)F)c1. The minimum absolute atomic E-state index is 0.0704. The molecule has 3 nitrogen and oxygen atoms in total. The molecule has 19 heavy (non-hydrogen) atoms. The van der Waals surface area contributed by atoms with Crippen LogP contribution in [0.5, 0.6) is 5.75 Å². The monoisotopic (exact) mass is 268 g/mol. The fourth-order valence-electron chi connectivity index (χ4n) is 1.48. The minimum Gasteiger partial charge on any atom is -0.489 e. The molecule has 1 heterocycles. The summed E-state index contributed by atoms with van der Waals surface area (Å²) in [6, 6.07) is 6.30. The van der Waals surface area contributed by atoms with Crippen LogP contribution in [0, 0.1) is 0 Å². The molecular formula is C13H11F3N2O. The predicted octanol–water partition coefficient (Wildman–Crippen LogP) is 3.26. The fraction of sp³-hybridized carbons (Fsp3) is 0.154. The number of rotatable bonds is 3. The van der Waals surface area contributed by atoms with Crippen molar-refractivity contribution in [1.29, 1.82) is 0 Å². The number of nitrogen functional groups attached to an aromatic ring is 1. The Morgan fingerprint density at radius 3 is 2.68 bits per heavy atom. The number of hydrogen-bond donors (Lipinski definition) is 1. The van der Waals surface area contributed by atoms with Gasteiger partial charge in [0, 0.05) is 23.6 Å². The zero-order chi connectivity index (χ0) is 13.9. The molecule has 0 aliphatic carbocycles. The number of hydrogen-bond acceptors (Lipinski definition) is 3. The van der Waals surface area contributed by atoms with Crippen molar-refractivity contribution in [3.8, 4) is 5.75 Å². The molecule has 0 atom stereocenters. The van der Waals surface area contributed by atoms with Gasteiger partial charge in [0.25, 0.3) is 0 Å². The van der Waals surface area contributed by atoms with Crippen molar-refractivity contribution < 1.29 is 17.9 Å². The molecule has 6 heteroatoms. The van der Waals surface area contributed by atoms with Crippen LogP contribution in [0.25, 0.3) is 0 Å². The molecule has 0 spiro atoms. The maximum absolute atomic E-state index is 12.5. The van der Waals surface area contributed by atoms with Crippen LogP contribution in [-0.2, 0) is 12.8 Å². The number of anilines is 1. The Kier molecular flexibility index (Phi) is 3.59. The highest BCUT2D eigenvalue weighted by Crippen LogP contribution is 2.31. The van der Waals surface area contributed by atoms with E-state index in [1.807, 2.05) is 0 Å². The summed E-state index contributed by atoms with van der Waals surface area (Å²) in [6.45, 7) is 0.0704. The lowest BCUT2D eigenvalue weighted by Crippen LogP contribution is -2.05. The Labute approximate surface area is 107 Å². The van der Waals surface area contributed by atoms with E-state index in [2.05, 4.69) is 4.98 Å². The highest BCUT2D eigenvalue weighted by atomic mass is 19.4. The van der Waals surface area contributed by atoms with Crippen LogP contribution in [0.15, 0.2) is 42.7 Å². The van der Waals surface area contributed by atoms with E-state index in [0.29, 0.717) is 11.3 Å². The Morgan fingerprint density at radius 1 is 1.21 bits per heavy atom. The van der Waals surface area contributed by atoms with E-state index in [1.54, 1.807) is 6.07 Å². The average molecular weight is 268 g/mol. The number of alkyl halides is 3. The molecule has 0 unspecified atom stereocenters. The molecule has 2 aromatic rings. The summed E-state index contributed by atoms with van der Waals surface area (Å²) < 4.78 is 42.8. The van der Waals surface area contributed by atoms with Gasteiger partial charge in [-0.05, 0) is 24.3 Å². The van der Waals surface area contributed by atoms with Crippen LogP contribution < -0.4 is 10.5 Å². The quantitative estimate of drug-likeness (QED) is 0.929. The number of ether oxygens (including phenoxy) is 1. The Morgan fingerprint density at radius 2 is 2.00 bits per heavy atom. The van der Waals surface area contributed by atoms with Gasteiger partial charge in [0.05, 0.1) is 5.56 Å². The molecule has 0 aliphatic heterocycles. The summed E-state index contributed by atoms with van der Waals surface area (Å²) in [7, 11) is 0. The lowest BCUT2D eigenvalue weighted by molar-refractivity contribution is -0.137. The predicted molar refractivity (Wildman–Crippen MR) is 64.4 cm³/mol. The zero-order valence-corrected chi connectivity index (χ0v) is 9.82. The molecule has 0 fully saturated rings. The molecule has 0 saturated carbocycles. The first-order chi connectivity index (χ1) is 8.97. The number of benzene rings is 1. The van der Waals surface area contributed by atoms with Crippen LogP contribution in [0.4, 0.5) is 18.9 Å². The highest BCUT2D eigenvalue weighted by molar-refractivity contribution is 5.44. The van der Waals surface area contributed by atoms with Gasteiger partial charge in [0.2, 0.25) is 0 Å². The van der Waals surface area contributed by atoms with Gasteiger partial charge in [-0.3, -0.25) is 4.98 Å². The lowest BCUT2D eigenvalue weighted by atomic mass is 10.2. The normalized spacial score (nSPS) is 11.3. The van der Waals surface area contributed by atoms with Gasteiger partial charge in [-0.25, -0.2) is 0 Å². The summed E-state index contributed by atoms with van der Waals surface area (Å²) in [5.41, 5.74) is 6.05. The Balaban J connectivity index is 2.10. The van der Waals surface area contributed by atoms with E-state index in [9.17, 15) is 13.2 Å². The second-order valence-corrected chi connectivity index (χ2v) is 3.89. The third kappa shape index (κ3) is 3.37. The van der Waals surface area contributed by atoms with E-state index in [0.717, 1.165) is 12.1 Å². The zero-order valence-electron chi connectivity index (χ0n) is 9.82. The lowest BCUT2D eigenvalue weighted by Gasteiger charge is -2.11. The maximum Gasteiger partial charge on any atom is 0.416 e. The summed E-state index contributed by atoms with van der Waals surface area (Å²) in [5.74, 6) is 0.137. The summed E-state index contributed by atoms with van der Waals surface area (Å²) in [6.07, 6.45) is -1.33. The van der Waals surface area contributed by atoms with Crippen molar-refractivity contribution in [2.45, 2.75) is 12.8 Å². The van der Waals surface area contributed by atoms with E-state index in [4.69, 9.17) is 10.5 Å². The topological polar surface area (TPSA) is 48.1 Å². The Hall–Kier alpha value is -2.24. The van der Waals surface area contributed by atoms with E-state index in [-0.39, 0.29) is 12.4 Å². The molecule has 2 N–H and O–H groups in total. The largest absolute Gasteiger partial charge is 0.489 e. The second-order valence-electron chi connectivity index (χ2n) is 3.89. The number of pyridine rings is 1. The molecule has 2 rings (SSSR count). The van der Waals surface area contributed by atoms with E-state index in [1.165, 1.54) is 24.5 Å². The van der Waals surface area contributed by atoms with Crippen molar-refractivity contribution in [2.75, 3.05) is 5.73 Å². The molecular weight excluding hydrogens is 257 g/mol. The molecule has 1 aromatic carbocycles. The van der Waals surface area contributed by atoms with Gasteiger partial charge in [-0.2, -0.15) is 13.2 Å². The third-order valence-electron chi connectivity index (χ3n) is 2.50. The van der Waals surface area contributed by atoms with E-state index >= 15 is 0 Å². The van der Waals surface area contributed by atoms with Crippen molar-refractivity contribution in [2.24, 2.45) is 0 Å². The molecule has 0 aliphatic rings. The summed E-state index contributed by atoms with van der Waals surface area (Å²) in [5, 5.41) is 0. The fourth-order valence-corrected chi connectivity index (χ4v) is 1.48. The molecule has 0 amide bonds. The van der Waals surface area contributed by atoms with E-state index < -0.39 is 11.7 Å². The van der Waals surface area contributed by atoms with Crippen LogP contribution in [0.1, 0.15) is 11.1 Å². The minimum atomic E-state index is -4.38. The van der Waals surface area contributed by atoms with Crippen molar-refractivity contribution in [3.05, 3.63) is 53.9 Å². The Bertz CT molecular complexity index is 570. The third-order valence-corrected chi connectivity index (χ3v) is 2.50. The first-order valence-corrected chi connectivity index (χ1v) is 5.45. The molecule has 100 valence electrons. The average Bonchev–Trinajstić information content (AvgIpc) is 2.37. The van der Waals surface area contributed by atoms with Gasteiger partial charge < -0.3 is 10.5 Å². The van der Waals surface area contributed by atoms with Gasteiger partial charge in [0.1, 0.15) is 12.4 Å². The van der Waals surface area contributed by atoms with Gasteiger partial charge >= 0.3 is 6.18 Å². The van der Waals surface area contributed by atoms with Crippen molar-refractivity contribution in [3.63, 3.8) is 0 Å². The van der Waals surface area contributed by atoms with Crippen LogP contribution in [-0.4, -0.2) is 4.98 Å². The van der Waals surface area contributed by atoms with Crippen LogP contribution in [0.3, 0.4) is 0 Å². The number of halogens is 3. The van der Waals surface area contributed by atoms with Gasteiger partial charge in [-0.1, -0.05) is 6.07 Å².